The minimum atomic E-state index is -0.798. The maximum absolute atomic E-state index is 12.9. The van der Waals surface area contributed by atoms with Gasteiger partial charge in [-0.2, -0.15) is 0 Å². The first-order valence-electron chi connectivity index (χ1n) is 9.03. The number of alkyl carbamates (subject to hydrolysis) is 1. The number of hydrogen-bond donors (Lipinski definition) is 3. The molecule has 7 heteroatoms. The topological polar surface area (TPSA) is 83.2 Å². The van der Waals surface area contributed by atoms with E-state index in [2.05, 4.69) is 15.6 Å². The fraction of sp³-hybridized carbons (Fsp3) is 0.238. The van der Waals surface area contributed by atoms with Gasteiger partial charge < -0.3 is 20.4 Å². The van der Waals surface area contributed by atoms with E-state index in [0.29, 0.717) is 17.1 Å². The van der Waals surface area contributed by atoms with E-state index in [1.165, 1.54) is 0 Å². The fourth-order valence-electron chi connectivity index (χ4n) is 3.03. The molecule has 6 nitrogen and oxygen atoms in total. The van der Waals surface area contributed by atoms with Crippen molar-refractivity contribution in [3.05, 3.63) is 64.8 Å². The molecule has 2 amide bonds. The van der Waals surface area contributed by atoms with Gasteiger partial charge in [-0.15, -0.1) is 0 Å². The lowest BCUT2D eigenvalue weighted by atomic mass is 10.0. The molecule has 0 saturated heterocycles. The molecule has 146 valence electrons. The molecule has 0 fully saturated rings. The molecule has 2 aromatic carbocycles. The highest BCUT2D eigenvalue weighted by molar-refractivity contribution is 6.30. The summed E-state index contributed by atoms with van der Waals surface area (Å²) in [5.74, 6) is -0.330. The molecule has 3 rings (SSSR count). The van der Waals surface area contributed by atoms with E-state index in [-0.39, 0.29) is 12.5 Å². The Hall–Kier alpha value is -2.99. The van der Waals surface area contributed by atoms with Crippen LogP contribution in [0.15, 0.2) is 48.7 Å². The van der Waals surface area contributed by atoms with Crippen LogP contribution in [0.3, 0.4) is 0 Å². The Morgan fingerprint density at radius 3 is 2.75 bits per heavy atom. The minimum absolute atomic E-state index is 0.226. The van der Waals surface area contributed by atoms with Crippen LogP contribution in [0.2, 0.25) is 5.02 Å². The van der Waals surface area contributed by atoms with E-state index >= 15 is 0 Å². The Bertz CT molecular complexity index is 999. The van der Waals surface area contributed by atoms with Gasteiger partial charge in [0.15, 0.2) is 0 Å². The second-order valence-electron chi connectivity index (χ2n) is 6.43. The standard InChI is InChI=1S/C21H22ClN3O3/c1-3-28-21(27)25-19(11-14-12-23-18-7-5-4-6-16(14)18)20(26)24-17-9-8-15(22)10-13(17)2/h4-10,12,19,23H,3,11H2,1-2H3,(H,24,26)(H,25,27)/t19-/m1/s1. The van der Waals surface area contributed by atoms with Crippen LogP contribution in [0.5, 0.6) is 0 Å². The second-order valence-corrected chi connectivity index (χ2v) is 6.87. The molecule has 3 aromatic rings. The lowest BCUT2D eigenvalue weighted by Gasteiger charge is -2.19. The lowest BCUT2D eigenvalue weighted by Crippen LogP contribution is -2.45. The van der Waals surface area contributed by atoms with Gasteiger partial charge in [-0.25, -0.2) is 4.79 Å². The largest absolute Gasteiger partial charge is 0.450 e. The Morgan fingerprint density at radius 1 is 1.21 bits per heavy atom. The molecular formula is C21H22ClN3O3. The van der Waals surface area contributed by atoms with E-state index < -0.39 is 12.1 Å². The number of amides is 2. The number of rotatable bonds is 6. The number of fused-ring (bicyclic) bond motifs is 1. The zero-order valence-electron chi connectivity index (χ0n) is 15.7. The number of ether oxygens (including phenoxy) is 1. The van der Waals surface area contributed by atoms with Gasteiger partial charge >= 0.3 is 6.09 Å². The molecule has 0 spiro atoms. The Morgan fingerprint density at radius 2 is 2.00 bits per heavy atom. The highest BCUT2D eigenvalue weighted by Crippen LogP contribution is 2.22. The molecule has 28 heavy (non-hydrogen) atoms. The summed E-state index contributed by atoms with van der Waals surface area (Å²) in [5.41, 5.74) is 3.38. The zero-order valence-corrected chi connectivity index (χ0v) is 16.5. The number of aromatic nitrogens is 1. The third kappa shape index (κ3) is 4.64. The third-order valence-electron chi connectivity index (χ3n) is 4.43. The molecule has 0 aliphatic heterocycles. The summed E-state index contributed by atoms with van der Waals surface area (Å²) < 4.78 is 4.96. The molecule has 0 aliphatic rings. The van der Waals surface area contributed by atoms with Gasteiger partial charge in [0.2, 0.25) is 5.91 Å². The van der Waals surface area contributed by atoms with Crippen molar-refractivity contribution in [1.82, 2.24) is 10.3 Å². The summed E-state index contributed by atoms with van der Waals surface area (Å²) in [6.45, 7) is 3.80. The number of aryl methyl sites for hydroxylation is 1. The van der Waals surface area contributed by atoms with E-state index in [1.807, 2.05) is 37.4 Å². The van der Waals surface area contributed by atoms with Gasteiger partial charge in [0.1, 0.15) is 6.04 Å². The molecule has 1 heterocycles. The molecular weight excluding hydrogens is 378 g/mol. The van der Waals surface area contributed by atoms with E-state index in [1.54, 1.807) is 25.1 Å². The van der Waals surface area contributed by atoms with Crippen molar-refractivity contribution >= 4 is 40.2 Å². The monoisotopic (exact) mass is 399 g/mol. The Kier molecular flexibility index (Phi) is 6.21. The molecule has 0 aliphatic carbocycles. The van der Waals surface area contributed by atoms with Crippen LogP contribution < -0.4 is 10.6 Å². The van der Waals surface area contributed by atoms with Gasteiger partial charge in [-0.05, 0) is 49.2 Å². The number of benzene rings is 2. The lowest BCUT2D eigenvalue weighted by molar-refractivity contribution is -0.118. The number of carbonyl (C=O) groups excluding carboxylic acids is 2. The fourth-order valence-corrected chi connectivity index (χ4v) is 3.26. The number of nitrogens with one attached hydrogen (secondary N) is 3. The van der Waals surface area contributed by atoms with Crippen molar-refractivity contribution in [1.29, 1.82) is 0 Å². The van der Waals surface area contributed by atoms with Crippen molar-refractivity contribution in [2.45, 2.75) is 26.3 Å². The first-order chi connectivity index (χ1) is 13.5. The molecule has 1 atom stereocenters. The highest BCUT2D eigenvalue weighted by Gasteiger charge is 2.23. The quantitative estimate of drug-likeness (QED) is 0.573. The van der Waals surface area contributed by atoms with Gasteiger partial charge in [0, 0.05) is 34.2 Å². The van der Waals surface area contributed by atoms with E-state index in [4.69, 9.17) is 16.3 Å². The van der Waals surface area contributed by atoms with Crippen LogP contribution in [-0.2, 0) is 16.0 Å². The molecule has 0 bridgehead atoms. The van der Waals surface area contributed by atoms with Gasteiger partial charge in [0.25, 0.3) is 0 Å². The summed E-state index contributed by atoms with van der Waals surface area (Å²) >= 11 is 5.98. The van der Waals surface area contributed by atoms with Crippen molar-refractivity contribution in [2.24, 2.45) is 0 Å². The van der Waals surface area contributed by atoms with Crippen LogP contribution in [0.4, 0.5) is 10.5 Å². The predicted molar refractivity (Wildman–Crippen MR) is 111 cm³/mol. The smallest absolute Gasteiger partial charge is 0.407 e. The van der Waals surface area contributed by atoms with Crippen LogP contribution in [-0.4, -0.2) is 29.6 Å². The number of hydrogen-bond acceptors (Lipinski definition) is 3. The predicted octanol–water partition coefficient (Wildman–Crippen LogP) is 4.43. The number of carbonyl (C=O) groups is 2. The van der Waals surface area contributed by atoms with Gasteiger partial charge in [-0.3, -0.25) is 4.79 Å². The third-order valence-corrected chi connectivity index (χ3v) is 4.66. The van der Waals surface area contributed by atoms with E-state index in [9.17, 15) is 9.59 Å². The first-order valence-corrected chi connectivity index (χ1v) is 9.41. The van der Waals surface area contributed by atoms with E-state index in [0.717, 1.165) is 22.0 Å². The normalized spacial score (nSPS) is 11.8. The van der Waals surface area contributed by atoms with Gasteiger partial charge in [0.05, 0.1) is 6.61 Å². The molecule has 1 aromatic heterocycles. The number of H-pyrrole nitrogens is 1. The molecule has 0 unspecified atom stereocenters. The minimum Gasteiger partial charge on any atom is -0.450 e. The molecule has 0 radical (unpaired) electrons. The van der Waals surface area contributed by atoms with Crippen molar-refractivity contribution in [3.63, 3.8) is 0 Å². The summed E-state index contributed by atoms with van der Waals surface area (Å²) in [7, 11) is 0. The molecule has 3 N–H and O–H groups in total. The number of anilines is 1. The highest BCUT2D eigenvalue weighted by atomic mass is 35.5. The van der Waals surface area contributed by atoms with Crippen LogP contribution in [0.1, 0.15) is 18.1 Å². The Labute approximate surface area is 168 Å². The number of aromatic amines is 1. The second kappa shape index (κ2) is 8.80. The first kappa shape index (κ1) is 19.8. The zero-order chi connectivity index (χ0) is 20.1. The Balaban J connectivity index is 1.83. The summed E-state index contributed by atoms with van der Waals surface area (Å²) in [6, 6.07) is 12.2. The van der Waals surface area contributed by atoms with Gasteiger partial charge in [-0.1, -0.05) is 29.8 Å². The van der Waals surface area contributed by atoms with Crippen molar-refractivity contribution in [3.8, 4) is 0 Å². The maximum atomic E-state index is 12.9. The molecule has 0 saturated carbocycles. The van der Waals surface area contributed by atoms with Crippen LogP contribution in [0.25, 0.3) is 10.9 Å². The average Bonchev–Trinajstić information content (AvgIpc) is 3.07. The number of para-hydroxylation sites is 1. The van der Waals surface area contributed by atoms with Crippen molar-refractivity contribution < 1.29 is 14.3 Å². The van der Waals surface area contributed by atoms with Crippen LogP contribution in [0, 0.1) is 6.92 Å². The van der Waals surface area contributed by atoms with Crippen LogP contribution >= 0.6 is 11.6 Å². The summed E-state index contributed by atoms with van der Waals surface area (Å²) in [5, 5.41) is 7.13. The SMILES string of the molecule is CCOC(=O)N[C@H](Cc1c[nH]c2ccccc12)C(=O)Nc1ccc(Cl)cc1C. The number of halogens is 1. The maximum Gasteiger partial charge on any atom is 0.407 e. The van der Waals surface area contributed by atoms with Crippen molar-refractivity contribution in [2.75, 3.05) is 11.9 Å². The average molecular weight is 400 g/mol. The summed E-state index contributed by atoms with van der Waals surface area (Å²) in [6.07, 6.45) is 1.54. The summed E-state index contributed by atoms with van der Waals surface area (Å²) in [4.78, 5) is 28.1.